The highest BCUT2D eigenvalue weighted by atomic mass is 35.5. The largest absolute Gasteiger partial charge is 0.495 e. The molecule has 152 valence electrons. The first-order chi connectivity index (χ1) is 12.8. The van der Waals surface area contributed by atoms with Gasteiger partial charge >= 0.3 is 0 Å². The molecule has 1 aromatic carbocycles. The van der Waals surface area contributed by atoms with Crippen LogP contribution in [0.4, 0.5) is 5.69 Å². The van der Waals surface area contributed by atoms with Crippen molar-refractivity contribution in [2.45, 2.75) is 32.6 Å². The molecule has 1 amide bonds. The molecule has 1 atom stereocenters. The molecule has 1 aliphatic heterocycles. The van der Waals surface area contributed by atoms with Crippen molar-refractivity contribution in [1.29, 1.82) is 0 Å². The summed E-state index contributed by atoms with van der Waals surface area (Å²) in [5.41, 5.74) is 0.440. The number of hydrogen-bond donors (Lipinski definition) is 1. The molecule has 1 aromatic rings. The van der Waals surface area contributed by atoms with Gasteiger partial charge in [-0.25, -0.2) is 12.7 Å². The molecule has 1 saturated heterocycles. The molecule has 0 aliphatic carbocycles. The van der Waals surface area contributed by atoms with Crippen molar-refractivity contribution in [3.05, 3.63) is 17.2 Å². The summed E-state index contributed by atoms with van der Waals surface area (Å²) in [5, 5.41) is 3.20. The van der Waals surface area contributed by atoms with Crippen molar-refractivity contribution in [1.82, 2.24) is 4.31 Å². The minimum atomic E-state index is -3.32. The van der Waals surface area contributed by atoms with Gasteiger partial charge in [-0.15, -0.1) is 0 Å². The lowest BCUT2D eigenvalue weighted by atomic mass is 9.98. The Bertz CT molecular complexity index is 769. The number of hydrogen-bond acceptors (Lipinski definition) is 5. The van der Waals surface area contributed by atoms with E-state index in [9.17, 15) is 13.2 Å². The van der Waals surface area contributed by atoms with Gasteiger partial charge in [0.1, 0.15) is 11.5 Å². The minimum absolute atomic E-state index is 0.125. The maximum absolute atomic E-state index is 12.7. The lowest BCUT2D eigenvalue weighted by Crippen LogP contribution is -2.44. The molecular formula is C18H27ClN2O5S. The van der Waals surface area contributed by atoms with E-state index in [0.29, 0.717) is 48.0 Å². The number of piperidine rings is 1. The van der Waals surface area contributed by atoms with Gasteiger partial charge in [-0.3, -0.25) is 4.79 Å². The number of anilines is 1. The van der Waals surface area contributed by atoms with Gasteiger partial charge in [0.05, 0.1) is 36.6 Å². The van der Waals surface area contributed by atoms with Crippen LogP contribution >= 0.6 is 11.6 Å². The number of ether oxygens (including phenoxy) is 2. The smallest absolute Gasteiger partial charge is 0.228 e. The molecule has 0 spiro atoms. The molecule has 1 unspecified atom stereocenters. The Morgan fingerprint density at radius 3 is 2.63 bits per heavy atom. The predicted molar refractivity (Wildman–Crippen MR) is 106 cm³/mol. The molecule has 0 aromatic heterocycles. The summed E-state index contributed by atoms with van der Waals surface area (Å²) >= 11 is 6.09. The zero-order valence-corrected chi connectivity index (χ0v) is 17.5. The van der Waals surface area contributed by atoms with Crippen LogP contribution in [0.2, 0.25) is 5.02 Å². The van der Waals surface area contributed by atoms with Gasteiger partial charge in [0.25, 0.3) is 0 Å². The Kier molecular flexibility index (Phi) is 7.76. The monoisotopic (exact) mass is 418 g/mol. The Morgan fingerprint density at radius 1 is 1.30 bits per heavy atom. The van der Waals surface area contributed by atoms with Gasteiger partial charge in [0.2, 0.25) is 15.9 Å². The zero-order valence-electron chi connectivity index (χ0n) is 16.0. The molecule has 0 bridgehead atoms. The standard InChI is InChI=1S/C18H27ClN2O5S/c1-4-5-9-27(23,24)21-8-6-7-13(12-21)18(22)20-15-11-16(25-2)14(19)10-17(15)26-3/h10-11,13H,4-9,12H2,1-3H3,(H,20,22). The fourth-order valence-corrected chi connectivity index (χ4v) is 5.01. The third kappa shape index (κ3) is 5.49. The molecule has 0 saturated carbocycles. The second kappa shape index (κ2) is 9.61. The van der Waals surface area contributed by atoms with Gasteiger partial charge in [-0.05, 0) is 19.3 Å². The van der Waals surface area contributed by atoms with Crippen LogP contribution in [0, 0.1) is 5.92 Å². The van der Waals surface area contributed by atoms with Crippen LogP contribution in [0.25, 0.3) is 0 Å². The van der Waals surface area contributed by atoms with E-state index in [4.69, 9.17) is 21.1 Å². The first kappa shape index (κ1) is 21.8. The van der Waals surface area contributed by atoms with Crippen molar-refractivity contribution in [2.75, 3.05) is 38.4 Å². The number of amides is 1. The number of nitrogens with one attached hydrogen (secondary N) is 1. The van der Waals surface area contributed by atoms with Crippen LogP contribution in [-0.4, -0.2) is 51.7 Å². The Morgan fingerprint density at radius 2 is 2.00 bits per heavy atom. The molecular weight excluding hydrogens is 392 g/mol. The van der Waals surface area contributed by atoms with Gasteiger partial charge in [0, 0.05) is 25.2 Å². The molecule has 1 N–H and O–H groups in total. The summed E-state index contributed by atoms with van der Waals surface area (Å²) in [6.07, 6.45) is 2.73. The number of carbonyl (C=O) groups excluding carboxylic acids is 1. The first-order valence-corrected chi connectivity index (χ1v) is 11.0. The number of sulfonamides is 1. The minimum Gasteiger partial charge on any atom is -0.495 e. The molecule has 9 heteroatoms. The number of nitrogens with zero attached hydrogens (tertiary/aromatic N) is 1. The maximum Gasteiger partial charge on any atom is 0.228 e. The predicted octanol–water partition coefficient (Wildman–Crippen LogP) is 3.14. The number of methoxy groups -OCH3 is 2. The zero-order chi connectivity index (χ0) is 20.0. The molecule has 2 rings (SSSR count). The topological polar surface area (TPSA) is 84.9 Å². The van der Waals surface area contributed by atoms with Crippen molar-refractivity contribution in [3.63, 3.8) is 0 Å². The normalized spacial score (nSPS) is 18.1. The number of carbonyl (C=O) groups is 1. The van der Waals surface area contributed by atoms with Crippen LogP contribution in [0.3, 0.4) is 0 Å². The molecule has 1 heterocycles. The van der Waals surface area contributed by atoms with Gasteiger partial charge in [-0.2, -0.15) is 0 Å². The van der Waals surface area contributed by atoms with E-state index in [0.717, 1.165) is 6.42 Å². The van der Waals surface area contributed by atoms with Crippen LogP contribution < -0.4 is 14.8 Å². The summed E-state index contributed by atoms with van der Waals surface area (Å²) in [4.78, 5) is 12.7. The average Bonchev–Trinajstić information content (AvgIpc) is 2.67. The third-order valence-corrected chi connectivity index (χ3v) is 6.85. The summed E-state index contributed by atoms with van der Waals surface area (Å²) in [6.45, 7) is 2.62. The van der Waals surface area contributed by atoms with Crippen molar-refractivity contribution < 1.29 is 22.7 Å². The van der Waals surface area contributed by atoms with Crippen LogP contribution in [0.5, 0.6) is 11.5 Å². The van der Waals surface area contributed by atoms with E-state index in [1.165, 1.54) is 18.5 Å². The summed E-state index contributed by atoms with van der Waals surface area (Å²) in [5.74, 6) is 0.298. The fraction of sp³-hybridized carbons (Fsp3) is 0.611. The van der Waals surface area contributed by atoms with E-state index in [-0.39, 0.29) is 18.2 Å². The second-order valence-electron chi connectivity index (χ2n) is 6.54. The molecule has 0 radical (unpaired) electrons. The second-order valence-corrected chi connectivity index (χ2v) is 9.04. The van der Waals surface area contributed by atoms with Crippen LogP contribution in [0.15, 0.2) is 12.1 Å². The molecule has 7 nitrogen and oxygen atoms in total. The lowest BCUT2D eigenvalue weighted by Gasteiger charge is -2.31. The number of halogens is 1. The molecule has 1 fully saturated rings. The Labute approximate surface area is 166 Å². The number of benzene rings is 1. The van der Waals surface area contributed by atoms with Crippen molar-refractivity contribution in [3.8, 4) is 11.5 Å². The lowest BCUT2D eigenvalue weighted by molar-refractivity contribution is -0.120. The van der Waals surface area contributed by atoms with E-state index in [1.54, 1.807) is 12.1 Å². The number of unbranched alkanes of at least 4 members (excludes halogenated alkanes) is 1. The van der Waals surface area contributed by atoms with Crippen molar-refractivity contribution >= 4 is 33.2 Å². The SMILES string of the molecule is CCCCS(=O)(=O)N1CCCC(C(=O)Nc2cc(OC)c(Cl)cc2OC)C1. The third-order valence-electron chi connectivity index (χ3n) is 4.64. The highest BCUT2D eigenvalue weighted by molar-refractivity contribution is 7.89. The van der Waals surface area contributed by atoms with Crippen LogP contribution in [-0.2, 0) is 14.8 Å². The Balaban J connectivity index is 2.12. The molecule has 27 heavy (non-hydrogen) atoms. The first-order valence-electron chi connectivity index (χ1n) is 9.02. The van der Waals surface area contributed by atoms with E-state index < -0.39 is 15.9 Å². The summed E-state index contributed by atoms with van der Waals surface area (Å²) in [7, 11) is -0.355. The maximum atomic E-state index is 12.7. The van der Waals surface area contributed by atoms with Gasteiger partial charge in [0.15, 0.2) is 0 Å². The molecule has 1 aliphatic rings. The van der Waals surface area contributed by atoms with E-state index >= 15 is 0 Å². The summed E-state index contributed by atoms with van der Waals surface area (Å²) in [6, 6.07) is 3.16. The quantitative estimate of drug-likeness (QED) is 0.701. The highest BCUT2D eigenvalue weighted by Crippen LogP contribution is 2.36. The highest BCUT2D eigenvalue weighted by Gasteiger charge is 2.32. The Hall–Kier alpha value is -1.51. The van der Waals surface area contributed by atoms with Crippen LogP contribution in [0.1, 0.15) is 32.6 Å². The number of rotatable bonds is 8. The van der Waals surface area contributed by atoms with Gasteiger partial charge < -0.3 is 14.8 Å². The van der Waals surface area contributed by atoms with Gasteiger partial charge in [-0.1, -0.05) is 24.9 Å². The fourth-order valence-electron chi connectivity index (χ4n) is 3.06. The van der Waals surface area contributed by atoms with E-state index in [1.807, 2.05) is 6.92 Å². The van der Waals surface area contributed by atoms with Crippen molar-refractivity contribution in [2.24, 2.45) is 5.92 Å². The summed E-state index contributed by atoms with van der Waals surface area (Å²) < 4.78 is 36.8. The van der Waals surface area contributed by atoms with E-state index in [2.05, 4.69) is 5.32 Å². The average molecular weight is 419 g/mol.